The van der Waals surface area contributed by atoms with Crippen molar-refractivity contribution in [1.29, 1.82) is 0 Å². The van der Waals surface area contributed by atoms with Crippen molar-refractivity contribution in [2.75, 3.05) is 12.8 Å². The molecule has 0 saturated carbocycles. The molecule has 1 fully saturated rings. The lowest BCUT2D eigenvalue weighted by Gasteiger charge is -2.12. The third-order valence-electron chi connectivity index (χ3n) is 3.11. The fourth-order valence-electron chi connectivity index (χ4n) is 2.24. The summed E-state index contributed by atoms with van der Waals surface area (Å²) >= 11 is 0. The number of carbonyl (C=O) groups is 1. The first kappa shape index (κ1) is 14.0. The Balaban J connectivity index is 2.14. The highest BCUT2D eigenvalue weighted by Gasteiger charge is 2.27. The van der Waals surface area contributed by atoms with Crippen molar-refractivity contribution < 1.29 is 17.9 Å². The Labute approximate surface area is 112 Å². The third kappa shape index (κ3) is 3.54. The number of benzene rings is 1. The zero-order chi connectivity index (χ0) is 14.0. The SMILES string of the molecule is CC(=O)OC1CN[C@@H](c2cccc(S(C)(=O)=O)c2)C1. The lowest BCUT2D eigenvalue weighted by atomic mass is 10.0. The Hall–Kier alpha value is -1.40. The van der Waals surface area contributed by atoms with Crippen molar-refractivity contribution in [2.24, 2.45) is 0 Å². The topological polar surface area (TPSA) is 72.5 Å². The smallest absolute Gasteiger partial charge is 0.302 e. The largest absolute Gasteiger partial charge is 0.461 e. The van der Waals surface area contributed by atoms with Gasteiger partial charge in [-0.15, -0.1) is 0 Å². The second kappa shape index (κ2) is 5.30. The molecule has 1 aliphatic rings. The van der Waals surface area contributed by atoms with Crippen LogP contribution in [0.2, 0.25) is 0 Å². The van der Waals surface area contributed by atoms with Crippen LogP contribution in [-0.2, 0) is 19.4 Å². The van der Waals surface area contributed by atoms with Crippen LogP contribution in [-0.4, -0.2) is 33.3 Å². The maximum absolute atomic E-state index is 11.5. The summed E-state index contributed by atoms with van der Waals surface area (Å²) in [6, 6.07) is 6.88. The minimum atomic E-state index is -3.20. The molecule has 0 aliphatic carbocycles. The molecule has 1 aliphatic heterocycles. The molecule has 1 unspecified atom stereocenters. The highest BCUT2D eigenvalue weighted by Crippen LogP contribution is 2.26. The molecule has 1 aromatic rings. The molecule has 5 nitrogen and oxygen atoms in total. The number of sulfone groups is 1. The van der Waals surface area contributed by atoms with E-state index in [9.17, 15) is 13.2 Å². The summed E-state index contributed by atoms with van der Waals surface area (Å²) in [5, 5.41) is 3.23. The fraction of sp³-hybridized carbons (Fsp3) is 0.462. The molecule has 1 N–H and O–H groups in total. The van der Waals surface area contributed by atoms with Gasteiger partial charge in [0, 0.05) is 32.2 Å². The fourth-order valence-corrected chi connectivity index (χ4v) is 2.92. The molecule has 2 atom stereocenters. The van der Waals surface area contributed by atoms with E-state index in [4.69, 9.17) is 4.74 Å². The van der Waals surface area contributed by atoms with E-state index in [0.29, 0.717) is 17.9 Å². The Kier molecular flexibility index (Phi) is 3.91. The molecule has 104 valence electrons. The van der Waals surface area contributed by atoms with E-state index in [1.54, 1.807) is 18.2 Å². The van der Waals surface area contributed by atoms with Gasteiger partial charge in [-0.2, -0.15) is 0 Å². The number of rotatable bonds is 3. The van der Waals surface area contributed by atoms with E-state index in [1.165, 1.54) is 13.2 Å². The number of nitrogens with one attached hydrogen (secondary N) is 1. The standard InChI is InChI=1S/C13H17NO4S/c1-9(15)18-11-7-13(14-8-11)10-4-3-5-12(6-10)19(2,16)17/h3-6,11,13-14H,7-8H2,1-2H3/t11?,13-/m1/s1. The minimum absolute atomic E-state index is 0.0195. The quantitative estimate of drug-likeness (QED) is 0.840. The van der Waals surface area contributed by atoms with Crippen LogP contribution in [0.25, 0.3) is 0 Å². The van der Waals surface area contributed by atoms with Gasteiger partial charge in [0.05, 0.1) is 4.90 Å². The van der Waals surface area contributed by atoms with Gasteiger partial charge in [-0.3, -0.25) is 4.79 Å². The number of ether oxygens (including phenoxy) is 1. The molecule has 0 bridgehead atoms. The molecule has 0 aromatic heterocycles. The molecule has 0 spiro atoms. The first-order valence-corrected chi connectivity index (χ1v) is 7.96. The average Bonchev–Trinajstić information content (AvgIpc) is 2.76. The monoisotopic (exact) mass is 283 g/mol. The molecule has 0 radical (unpaired) electrons. The van der Waals surface area contributed by atoms with E-state index in [2.05, 4.69) is 5.32 Å². The van der Waals surface area contributed by atoms with Crippen LogP contribution in [0.5, 0.6) is 0 Å². The van der Waals surface area contributed by atoms with E-state index >= 15 is 0 Å². The number of hydrogen-bond donors (Lipinski definition) is 1. The van der Waals surface area contributed by atoms with E-state index in [1.807, 2.05) is 6.07 Å². The van der Waals surface area contributed by atoms with E-state index < -0.39 is 9.84 Å². The average molecular weight is 283 g/mol. The predicted molar refractivity (Wildman–Crippen MR) is 70.5 cm³/mol. The van der Waals surface area contributed by atoms with Crippen molar-refractivity contribution in [3.05, 3.63) is 29.8 Å². The number of carbonyl (C=O) groups excluding carboxylic acids is 1. The van der Waals surface area contributed by atoms with Crippen LogP contribution in [0.3, 0.4) is 0 Å². The van der Waals surface area contributed by atoms with Crippen molar-refractivity contribution in [2.45, 2.75) is 30.4 Å². The maximum atomic E-state index is 11.5. The summed E-state index contributed by atoms with van der Waals surface area (Å²) in [4.78, 5) is 11.2. The van der Waals surface area contributed by atoms with Gasteiger partial charge in [0.25, 0.3) is 0 Å². The zero-order valence-electron chi connectivity index (χ0n) is 10.9. The Morgan fingerprint density at radius 2 is 2.16 bits per heavy atom. The Morgan fingerprint density at radius 1 is 1.42 bits per heavy atom. The maximum Gasteiger partial charge on any atom is 0.302 e. The highest BCUT2D eigenvalue weighted by molar-refractivity contribution is 7.90. The summed E-state index contributed by atoms with van der Waals surface area (Å²) in [5.41, 5.74) is 0.901. The predicted octanol–water partition coefficient (Wildman–Crippen LogP) is 1.06. The van der Waals surface area contributed by atoms with Crippen LogP contribution in [0.4, 0.5) is 0 Å². The van der Waals surface area contributed by atoms with Gasteiger partial charge in [0.2, 0.25) is 0 Å². The summed E-state index contributed by atoms with van der Waals surface area (Å²) in [5.74, 6) is -0.294. The Morgan fingerprint density at radius 3 is 2.79 bits per heavy atom. The van der Waals surface area contributed by atoms with Crippen LogP contribution in [0.15, 0.2) is 29.2 Å². The lowest BCUT2D eigenvalue weighted by molar-refractivity contribution is -0.145. The molecular formula is C13H17NO4S. The van der Waals surface area contributed by atoms with Gasteiger partial charge in [-0.25, -0.2) is 8.42 Å². The van der Waals surface area contributed by atoms with Gasteiger partial charge in [0.15, 0.2) is 9.84 Å². The normalized spacial score (nSPS) is 23.3. The first-order valence-electron chi connectivity index (χ1n) is 6.07. The first-order chi connectivity index (χ1) is 8.86. The lowest BCUT2D eigenvalue weighted by Crippen LogP contribution is -2.19. The minimum Gasteiger partial charge on any atom is -0.461 e. The van der Waals surface area contributed by atoms with Gasteiger partial charge in [-0.05, 0) is 17.7 Å². The summed E-state index contributed by atoms with van der Waals surface area (Å²) in [6.45, 7) is 1.98. The van der Waals surface area contributed by atoms with Crippen molar-refractivity contribution >= 4 is 15.8 Å². The van der Waals surface area contributed by atoms with Crippen LogP contribution in [0.1, 0.15) is 24.9 Å². The van der Waals surface area contributed by atoms with Crippen molar-refractivity contribution in [3.8, 4) is 0 Å². The molecule has 1 heterocycles. The van der Waals surface area contributed by atoms with E-state index in [-0.39, 0.29) is 18.1 Å². The molecule has 1 saturated heterocycles. The molecule has 2 rings (SSSR count). The number of hydrogen-bond acceptors (Lipinski definition) is 5. The number of esters is 1. The van der Waals surface area contributed by atoms with Gasteiger partial charge in [0.1, 0.15) is 6.10 Å². The zero-order valence-corrected chi connectivity index (χ0v) is 11.7. The van der Waals surface area contributed by atoms with Gasteiger partial charge < -0.3 is 10.1 Å². The van der Waals surface area contributed by atoms with Crippen LogP contribution >= 0.6 is 0 Å². The second-order valence-corrected chi connectivity index (χ2v) is 6.79. The van der Waals surface area contributed by atoms with Crippen LogP contribution in [0, 0.1) is 0 Å². The molecule has 19 heavy (non-hydrogen) atoms. The third-order valence-corrected chi connectivity index (χ3v) is 4.22. The van der Waals surface area contributed by atoms with Crippen molar-refractivity contribution in [1.82, 2.24) is 5.32 Å². The van der Waals surface area contributed by atoms with Gasteiger partial charge in [-0.1, -0.05) is 12.1 Å². The van der Waals surface area contributed by atoms with Crippen LogP contribution < -0.4 is 5.32 Å². The molecule has 1 aromatic carbocycles. The summed E-state index contributed by atoms with van der Waals surface area (Å²) in [7, 11) is -3.20. The van der Waals surface area contributed by atoms with E-state index in [0.717, 1.165) is 5.56 Å². The Bertz CT molecular complexity index is 582. The molecule has 0 amide bonds. The van der Waals surface area contributed by atoms with Gasteiger partial charge >= 0.3 is 5.97 Å². The summed E-state index contributed by atoms with van der Waals surface area (Å²) in [6.07, 6.45) is 1.70. The molecular weight excluding hydrogens is 266 g/mol. The van der Waals surface area contributed by atoms with Crippen molar-refractivity contribution in [3.63, 3.8) is 0 Å². The molecule has 6 heteroatoms. The second-order valence-electron chi connectivity index (χ2n) is 4.77. The summed E-state index contributed by atoms with van der Waals surface area (Å²) < 4.78 is 28.2. The highest BCUT2D eigenvalue weighted by atomic mass is 32.2.